The molecule has 3 aromatic rings. The average molecular weight is 391 g/mol. The van der Waals surface area contributed by atoms with Crippen LogP contribution in [0.2, 0.25) is 0 Å². The van der Waals surface area contributed by atoms with Gasteiger partial charge in [-0.25, -0.2) is 4.98 Å². The Hall–Kier alpha value is -3.36. The van der Waals surface area contributed by atoms with Gasteiger partial charge in [-0.05, 0) is 30.7 Å². The fraction of sp³-hybridized carbons (Fsp3) is 0.211. The molecule has 3 rings (SSSR count). The first kappa shape index (κ1) is 19.4. The molecule has 1 N–H and O–H groups in total. The molecule has 1 heterocycles. The number of carbonyl (C=O) groups is 1. The highest BCUT2D eigenvalue weighted by Gasteiger charge is 2.31. The number of para-hydroxylation sites is 1. The molecule has 0 saturated heterocycles. The second-order valence-corrected chi connectivity index (χ2v) is 5.99. The molecule has 0 fully saturated rings. The van der Waals surface area contributed by atoms with Crippen LogP contribution in [-0.2, 0) is 11.3 Å². The molecule has 0 aliphatic heterocycles. The maximum atomic E-state index is 12.4. The zero-order valence-corrected chi connectivity index (χ0v) is 14.6. The number of hydrogen-bond donors (Lipinski definition) is 1. The number of halogens is 3. The first-order valence-corrected chi connectivity index (χ1v) is 8.42. The van der Waals surface area contributed by atoms with Gasteiger partial charge in [-0.1, -0.05) is 18.2 Å². The van der Waals surface area contributed by atoms with Gasteiger partial charge >= 0.3 is 6.36 Å². The minimum Gasteiger partial charge on any atom is -0.406 e. The number of benzene rings is 2. The lowest BCUT2D eigenvalue weighted by Crippen LogP contribution is -2.21. The van der Waals surface area contributed by atoms with Crippen LogP contribution >= 0.6 is 0 Å². The van der Waals surface area contributed by atoms with Crippen molar-refractivity contribution in [1.29, 1.82) is 0 Å². The standard InChI is InChI=1S/C19H16F3N3O3/c20-19(21,22)28-14-6-3-5-13(11-14)24-17(26)9-4-10-25-12-23-16-8-2-1-7-15(16)18(25)27/h1-3,5-8,11-12H,4,9-10H2,(H,24,26). The molecule has 0 saturated carbocycles. The topological polar surface area (TPSA) is 73.2 Å². The minimum atomic E-state index is -4.80. The van der Waals surface area contributed by atoms with E-state index in [1.807, 2.05) is 0 Å². The Bertz CT molecular complexity index is 1050. The van der Waals surface area contributed by atoms with Gasteiger partial charge in [-0.15, -0.1) is 13.2 Å². The summed E-state index contributed by atoms with van der Waals surface area (Å²) in [6.45, 7) is 0.293. The summed E-state index contributed by atoms with van der Waals surface area (Å²) in [5, 5.41) is 3.01. The van der Waals surface area contributed by atoms with Crippen molar-refractivity contribution < 1.29 is 22.7 Å². The van der Waals surface area contributed by atoms with Crippen molar-refractivity contribution in [2.24, 2.45) is 0 Å². The van der Waals surface area contributed by atoms with Gasteiger partial charge in [-0.3, -0.25) is 14.2 Å². The van der Waals surface area contributed by atoms with Crippen LogP contribution < -0.4 is 15.6 Å². The van der Waals surface area contributed by atoms with Crippen LogP contribution in [-0.4, -0.2) is 21.8 Å². The maximum absolute atomic E-state index is 12.4. The van der Waals surface area contributed by atoms with Crippen molar-refractivity contribution in [3.05, 3.63) is 65.2 Å². The lowest BCUT2D eigenvalue weighted by Gasteiger charge is -2.11. The number of amides is 1. The summed E-state index contributed by atoms with van der Waals surface area (Å²) < 4.78 is 42.0. The van der Waals surface area contributed by atoms with Crippen molar-refractivity contribution in [2.45, 2.75) is 25.7 Å². The van der Waals surface area contributed by atoms with E-state index in [9.17, 15) is 22.8 Å². The highest BCUT2D eigenvalue weighted by atomic mass is 19.4. The molecule has 0 aliphatic carbocycles. The van der Waals surface area contributed by atoms with Gasteiger partial charge in [0.25, 0.3) is 5.56 Å². The Labute approximate surface area is 157 Å². The van der Waals surface area contributed by atoms with E-state index in [1.54, 1.807) is 24.3 Å². The van der Waals surface area contributed by atoms with E-state index in [4.69, 9.17) is 0 Å². The van der Waals surface area contributed by atoms with Crippen LogP contribution in [0.5, 0.6) is 5.75 Å². The first-order chi connectivity index (χ1) is 13.3. The number of fused-ring (bicyclic) bond motifs is 1. The molecule has 0 aliphatic rings. The van der Waals surface area contributed by atoms with E-state index in [2.05, 4.69) is 15.0 Å². The first-order valence-electron chi connectivity index (χ1n) is 8.42. The van der Waals surface area contributed by atoms with Gasteiger partial charge in [0.05, 0.1) is 17.2 Å². The van der Waals surface area contributed by atoms with Gasteiger partial charge in [0, 0.05) is 24.7 Å². The van der Waals surface area contributed by atoms with Gasteiger partial charge < -0.3 is 10.1 Å². The van der Waals surface area contributed by atoms with Crippen LogP contribution in [0.4, 0.5) is 18.9 Å². The lowest BCUT2D eigenvalue weighted by atomic mass is 10.2. The zero-order chi connectivity index (χ0) is 20.1. The summed E-state index contributed by atoms with van der Waals surface area (Å²) in [5.74, 6) is -0.801. The van der Waals surface area contributed by atoms with E-state index in [-0.39, 0.29) is 23.6 Å². The Morgan fingerprint density at radius 3 is 2.71 bits per heavy atom. The predicted octanol–water partition coefficient (Wildman–Crippen LogP) is 3.71. The van der Waals surface area contributed by atoms with Crippen molar-refractivity contribution in [3.8, 4) is 5.75 Å². The van der Waals surface area contributed by atoms with E-state index in [0.29, 0.717) is 23.9 Å². The summed E-state index contributed by atoms with van der Waals surface area (Å²) in [7, 11) is 0. The van der Waals surface area contributed by atoms with Crippen LogP contribution in [0.3, 0.4) is 0 Å². The molecule has 0 radical (unpaired) electrons. The van der Waals surface area contributed by atoms with Crippen molar-refractivity contribution >= 4 is 22.5 Å². The zero-order valence-electron chi connectivity index (χ0n) is 14.6. The largest absolute Gasteiger partial charge is 0.573 e. The van der Waals surface area contributed by atoms with Gasteiger partial charge in [0.15, 0.2) is 0 Å². The van der Waals surface area contributed by atoms with Crippen LogP contribution in [0, 0.1) is 0 Å². The SMILES string of the molecule is O=C(CCCn1cnc2ccccc2c1=O)Nc1cccc(OC(F)(F)F)c1. The fourth-order valence-corrected chi connectivity index (χ4v) is 2.67. The number of aryl methyl sites for hydroxylation is 1. The molecule has 28 heavy (non-hydrogen) atoms. The monoisotopic (exact) mass is 391 g/mol. The number of aromatic nitrogens is 2. The summed E-state index contributed by atoms with van der Waals surface area (Å²) in [4.78, 5) is 28.6. The summed E-state index contributed by atoms with van der Waals surface area (Å²) in [5.41, 5.74) is 0.599. The molecule has 6 nitrogen and oxygen atoms in total. The number of nitrogens with zero attached hydrogens (tertiary/aromatic N) is 2. The second kappa shape index (κ2) is 8.12. The summed E-state index contributed by atoms with van der Waals surface area (Å²) >= 11 is 0. The highest BCUT2D eigenvalue weighted by molar-refractivity contribution is 5.90. The number of hydrogen-bond acceptors (Lipinski definition) is 4. The van der Waals surface area contributed by atoms with Gasteiger partial charge in [-0.2, -0.15) is 0 Å². The number of rotatable bonds is 6. The van der Waals surface area contributed by atoms with Crippen molar-refractivity contribution in [2.75, 3.05) is 5.32 Å². The second-order valence-electron chi connectivity index (χ2n) is 5.99. The molecular weight excluding hydrogens is 375 g/mol. The van der Waals surface area contributed by atoms with E-state index >= 15 is 0 Å². The Morgan fingerprint density at radius 2 is 1.93 bits per heavy atom. The van der Waals surface area contributed by atoms with Gasteiger partial charge in [0.2, 0.25) is 5.91 Å². The van der Waals surface area contributed by atoms with Crippen LogP contribution in [0.1, 0.15) is 12.8 Å². The highest BCUT2D eigenvalue weighted by Crippen LogP contribution is 2.25. The molecule has 1 aromatic heterocycles. The molecule has 0 spiro atoms. The number of nitrogens with one attached hydrogen (secondary N) is 1. The quantitative estimate of drug-likeness (QED) is 0.695. The smallest absolute Gasteiger partial charge is 0.406 e. The third kappa shape index (κ3) is 5.09. The summed E-state index contributed by atoms with van der Waals surface area (Å²) in [6.07, 6.45) is -2.92. The molecule has 0 unspecified atom stereocenters. The van der Waals surface area contributed by atoms with Gasteiger partial charge in [0.1, 0.15) is 5.75 Å². The fourth-order valence-electron chi connectivity index (χ4n) is 2.67. The maximum Gasteiger partial charge on any atom is 0.573 e. The Morgan fingerprint density at radius 1 is 1.14 bits per heavy atom. The summed E-state index contributed by atoms with van der Waals surface area (Å²) in [6, 6.07) is 12.0. The molecular formula is C19H16F3N3O3. The average Bonchev–Trinajstić information content (AvgIpc) is 2.63. The normalized spacial score (nSPS) is 11.4. The molecule has 9 heteroatoms. The molecule has 0 bridgehead atoms. The Balaban J connectivity index is 1.56. The number of carbonyl (C=O) groups excluding carboxylic acids is 1. The van der Waals surface area contributed by atoms with E-state index < -0.39 is 12.1 Å². The predicted molar refractivity (Wildman–Crippen MR) is 97.0 cm³/mol. The molecule has 146 valence electrons. The lowest BCUT2D eigenvalue weighted by molar-refractivity contribution is -0.274. The minimum absolute atomic E-state index is 0.0869. The number of ether oxygens (including phenoxy) is 1. The molecule has 1 amide bonds. The Kier molecular flexibility index (Phi) is 5.62. The number of alkyl halides is 3. The third-order valence-electron chi connectivity index (χ3n) is 3.89. The van der Waals surface area contributed by atoms with Crippen molar-refractivity contribution in [3.63, 3.8) is 0 Å². The molecule has 0 atom stereocenters. The third-order valence-corrected chi connectivity index (χ3v) is 3.89. The molecule has 2 aromatic carbocycles. The van der Waals surface area contributed by atoms with E-state index in [1.165, 1.54) is 23.0 Å². The van der Waals surface area contributed by atoms with Crippen LogP contribution in [0.25, 0.3) is 10.9 Å². The number of anilines is 1. The van der Waals surface area contributed by atoms with Crippen LogP contribution in [0.15, 0.2) is 59.7 Å². The van der Waals surface area contributed by atoms with Crippen molar-refractivity contribution in [1.82, 2.24) is 9.55 Å². The van der Waals surface area contributed by atoms with E-state index in [0.717, 1.165) is 12.1 Å².